The van der Waals surface area contributed by atoms with Crippen LogP contribution in [0.15, 0.2) is 4.42 Å². The van der Waals surface area contributed by atoms with Crippen LogP contribution in [0, 0.1) is 0 Å². The van der Waals surface area contributed by atoms with Gasteiger partial charge >= 0.3 is 5.91 Å². The summed E-state index contributed by atoms with van der Waals surface area (Å²) in [5.74, 6) is 0.740. The van der Waals surface area contributed by atoms with Crippen molar-refractivity contribution in [3.05, 3.63) is 17.3 Å². The molecule has 0 fully saturated rings. The van der Waals surface area contributed by atoms with Crippen LogP contribution in [0.1, 0.15) is 42.4 Å². The van der Waals surface area contributed by atoms with Gasteiger partial charge in [-0.2, -0.15) is 0 Å². The van der Waals surface area contributed by atoms with E-state index in [2.05, 4.69) is 22.1 Å². The van der Waals surface area contributed by atoms with Crippen molar-refractivity contribution in [2.24, 2.45) is 0 Å². The number of hydrogen-bond donors (Lipinski definition) is 1. The number of carbonyl (C=O) groups excluding carboxylic acids is 1. The molecule has 0 unspecified atom stereocenters. The largest absolute Gasteiger partial charge is 0.437 e. The number of hydrogen-bond acceptors (Lipinski definition) is 5. The summed E-state index contributed by atoms with van der Waals surface area (Å²) >= 11 is 0. The van der Waals surface area contributed by atoms with Crippen LogP contribution in [0.4, 0.5) is 0 Å². The van der Waals surface area contributed by atoms with Gasteiger partial charge in [0.1, 0.15) is 5.76 Å². The highest BCUT2D eigenvalue weighted by atomic mass is 16.5. The van der Waals surface area contributed by atoms with Gasteiger partial charge in [-0.1, -0.05) is 6.92 Å². The molecule has 1 amide bonds. The molecule has 0 aliphatic carbocycles. The molecule has 1 aliphatic rings. The van der Waals surface area contributed by atoms with E-state index < -0.39 is 0 Å². The van der Waals surface area contributed by atoms with E-state index in [0.29, 0.717) is 6.61 Å². The van der Waals surface area contributed by atoms with E-state index in [1.165, 1.54) is 0 Å². The summed E-state index contributed by atoms with van der Waals surface area (Å²) in [5, 5.41) is 2.81. The molecule has 0 spiro atoms. The molecule has 0 saturated heterocycles. The molecule has 1 aromatic rings. The Morgan fingerprint density at radius 3 is 3.10 bits per heavy atom. The third-order valence-electron chi connectivity index (χ3n) is 3.33. The van der Waals surface area contributed by atoms with Crippen molar-refractivity contribution >= 4 is 5.91 Å². The van der Waals surface area contributed by atoms with Gasteiger partial charge < -0.3 is 14.5 Å². The van der Waals surface area contributed by atoms with Crippen molar-refractivity contribution in [3.8, 4) is 0 Å². The SMILES string of the molecule is CCCN1CCc2oc(C(=O)N[C@@H](C)COC)nc2C1. The van der Waals surface area contributed by atoms with Crippen LogP contribution in [0.3, 0.4) is 0 Å². The van der Waals surface area contributed by atoms with Crippen LogP contribution >= 0.6 is 0 Å². The number of amides is 1. The third-order valence-corrected chi connectivity index (χ3v) is 3.33. The van der Waals surface area contributed by atoms with Gasteiger partial charge in [-0.3, -0.25) is 9.69 Å². The zero-order valence-corrected chi connectivity index (χ0v) is 12.4. The molecule has 0 radical (unpaired) electrons. The summed E-state index contributed by atoms with van der Waals surface area (Å²) in [5.41, 5.74) is 0.897. The first-order valence-electron chi connectivity index (χ1n) is 7.14. The zero-order valence-electron chi connectivity index (χ0n) is 12.4. The predicted molar refractivity (Wildman–Crippen MR) is 74.6 cm³/mol. The fourth-order valence-corrected chi connectivity index (χ4v) is 2.43. The van der Waals surface area contributed by atoms with Crippen molar-refractivity contribution in [2.75, 3.05) is 26.8 Å². The normalized spacial score (nSPS) is 16.8. The number of oxazole rings is 1. The highest BCUT2D eigenvalue weighted by molar-refractivity contribution is 5.89. The highest BCUT2D eigenvalue weighted by Crippen LogP contribution is 2.19. The number of ether oxygens (including phenoxy) is 1. The number of fused-ring (bicyclic) bond motifs is 1. The van der Waals surface area contributed by atoms with Crippen LogP contribution in [0.2, 0.25) is 0 Å². The van der Waals surface area contributed by atoms with E-state index in [0.717, 1.165) is 43.9 Å². The van der Waals surface area contributed by atoms with Gasteiger partial charge in [0.2, 0.25) is 0 Å². The van der Waals surface area contributed by atoms with E-state index in [-0.39, 0.29) is 17.8 Å². The maximum absolute atomic E-state index is 12.0. The van der Waals surface area contributed by atoms with Gasteiger partial charge in [0, 0.05) is 32.7 Å². The first kappa shape index (κ1) is 15.0. The lowest BCUT2D eigenvalue weighted by Crippen LogP contribution is -2.35. The fourth-order valence-electron chi connectivity index (χ4n) is 2.43. The molecule has 6 heteroatoms. The molecular formula is C14H23N3O3. The highest BCUT2D eigenvalue weighted by Gasteiger charge is 2.24. The molecule has 2 rings (SSSR count). The molecule has 1 aromatic heterocycles. The maximum Gasteiger partial charge on any atom is 0.307 e. The number of rotatable bonds is 6. The number of methoxy groups -OCH3 is 1. The summed E-state index contributed by atoms with van der Waals surface area (Å²) in [4.78, 5) is 18.7. The summed E-state index contributed by atoms with van der Waals surface area (Å²) < 4.78 is 10.6. The lowest BCUT2D eigenvalue weighted by Gasteiger charge is -2.24. The molecule has 1 aliphatic heterocycles. The van der Waals surface area contributed by atoms with E-state index in [1.54, 1.807) is 7.11 Å². The van der Waals surface area contributed by atoms with E-state index in [9.17, 15) is 4.79 Å². The lowest BCUT2D eigenvalue weighted by molar-refractivity contribution is 0.0869. The smallest absolute Gasteiger partial charge is 0.307 e. The maximum atomic E-state index is 12.0. The second-order valence-corrected chi connectivity index (χ2v) is 5.24. The van der Waals surface area contributed by atoms with Gasteiger partial charge in [0.15, 0.2) is 0 Å². The Kier molecular flexibility index (Phi) is 5.14. The summed E-state index contributed by atoms with van der Waals surface area (Å²) in [7, 11) is 1.61. The Bertz CT molecular complexity index is 459. The Labute approximate surface area is 119 Å². The topological polar surface area (TPSA) is 67.6 Å². The van der Waals surface area contributed by atoms with Crippen molar-refractivity contribution in [1.82, 2.24) is 15.2 Å². The Morgan fingerprint density at radius 2 is 2.40 bits per heavy atom. The van der Waals surface area contributed by atoms with Crippen LogP contribution in [-0.4, -0.2) is 48.6 Å². The molecule has 2 heterocycles. The summed E-state index contributed by atoms with van der Waals surface area (Å²) in [6, 6.07) is -0.0620. The van der Waals surface area contributed by atoms with Gasteiger partial charge in [0.25, 0.3) is 5.89 Å². The molecule has 0 bridgehead atoms. The molecule has 20 heavy (non-hydrogen) atoms. The summed E-state index contributed by atoms with van der Waals surface area (Å²) in [6.07, 6.45) is 1.94. The van der Waals surface area contributed by atoms with Gasteiger partial charge in [-0.05, 0) is 19.9 Å². The van der Waals surface area contributed by atoms with E-state index in [4.69, 9.17) is 9.15 Å². The number of nitrogens with one attached hydrogen (secondary N) is 1. The number of aromatic nitrogens is 1. The molecule has 1 N–H and O–H groups in total. The van der Waals surface area contributed by atoms with Crippen molar-refractivity contribution < 1.29 is 13.9 Å². The minimum absolute atomic E-state index is 0.0620. The average molecular weight is 281 g/mol. The van der Waals surface area contributed by atoms with Crippen LogP contribution in [0.5, 0.6) is 0 Å². The summed E-state index contributed by atoms with van der Waals surface area (Å²) in [6.45, 7) is 7.31. The van der Waals surface area contributed by atoms with Gasteiger partial charge in [-0.25, -0.2) is 4.98 Å². The monoisotopic (exact) mass is 281 g/mol. The molecular weight excluding hydrogens is 258 g/mol. The van der Waals surface area contributed by atoms with Crippen LogP contribution in [0.25, 0.3) is 0 Å². The minimum atomic E-state index is -0.272. The molecule has 112 valence electrons. The second kappa shape index (κ2) is 6.85. The fraction of sp³-hybridized carbons (Fsp3) is 0.714. The van der Waals surface area contributed by atoms with Crippen LogP contribution in [-0.2, 0) is 17.7 Å². The van der Waals surface area contributed by atoms with Crippen molar-refractivity contribution in [2.45, 2.75) is 39.3 Å². The Morgan fingerprint density at radius 1 is 1.60 bits per heavy atom. The first-order chi connectivity index (χ1) is 9.63. The average Bonchev–Trinajstić information content (AvgIpc) is 2.82. The Hall–Kier alpha value is -1.40. The van der Waals surface area contributed by atoms with Crippen LogP contribution < -0.4 is 5.32 Å². The minimum Gasteiger partial charge on any atom is -0.437 e. The molecule has 6 nitrogen and oxygen atoms in total. The zero-order chi connectivity index (χ0) is 14.5. The molecule has 0 saturated carbocycles. The van der Waals surface area contributed by atoms with Crippen molar-refractivity contribution in [1.29, 1.82) is 0 Å². The third kappa shape index (κ3) is 3.58. The standard InChI is InChI=1S/C14H23N3O3/c1-4-6-17-7-5-12-11(8-17)16-14(20-12)13(18)15-10(2)9-19-3/h10H,4-9H2,1-3H3,(H,15,18)/t10-/m0/s1. The molecule has 1 atom stereocenters. The molecule has 0 aromatic carbocycles. The lowest BCUT2D eigenvalue weighted by atomic mass is 10.1. The number of carbonyl (C=O) groups is 1. The first-order valence-corrected chi connectivity index (χ1v) is 7.14. The van der Waals surface area contributed by atoms with Gasteiger partial charge in [-0.15, -0.1) is 0 Å². The van der Waals surface area contributed by atoms with E-state index >= 15 is 0 Å². The predicted octanol–water partition coefficient (Wildman–Crippen LogP) is 1.21. The quantitative estimate of drug-likeness (QED) is 0.849. The second-order valence-electron chi connectivity index (χ2n) is 5.24. The van der Waals surface area contributed by atoms with Crippen molar-refractivity contribution in [3.63, 3.8) is 0 Å². The Balaban J connectivity index is 2.00. The van der Waals surface area contributed by atoms with E-state index in [1.807, 2.05) is 6.92 Å². The number of nitrogens with zero attached hydrogens (tertiary/aromatic N) is 2. The van der Waals surface area contributed by atoms with Gasteiger partial charge in [0.05, 0.1) is 12.3 Å².